The highest BCUT2D eigenvalue weighted by molar-refractivity contribution is 9.10. The van der Waals surface area contributed by atoms with Crippen LogP contribution in [0.5, 0.6) is 0 Å². The molecule has 0 bridgehead atoms. The Labute approximate surface area is 119 Å². The minimum atomic E-state index is -0.525. The number of hydrogen-bond acceptors (Lipinski definition) is 3. The van der Waals surface area contributed by atoms with E-state index in [1.54, 1.807) is 11.3 Å². The second-order valence-electron chi connectivity index (χ2n) is 4.73. The van der Waals surface area contributed by atoms with Crippen LogP contribution in [0.15, 0.2) is 28.1 Å². The van der Waals surface area contributed by atoms with E-state index in [0.29, 0.717) is 0 Å². The lowest BCUT2D eigenvalue weighted by Gasteiger charge is -2.10. The molecule has 1 aromatic carbocycles. The van der Waals surface area contributed by atoms with Crippen molar-refractivity contribution in [3.63, 3.8) is 0 Å². The van der Waals surface area contributed by atoms with Gasteiger partial charge in [-0.3, -0.25) is 0 Å². The molecule has 92 valence electrons. The molecule has 2 aromatic rings. The first-order chi connectivity index (χ1) is 8.44. The van der Waals surface area contributed by atoms with Crippen molar-refractivity contribution in [2.24, 2.45) is 0 Å². The molecule has 1 heterocycles. The van der Waals surface area contributed by atoms with Crippen LogP contribution in [0, 0.1) is 18.3 Å². The number of aromatic nitrogens is 1. The summed E-state index contributed by atoms with van der Waals surface area (Å²) in [5.41, 5.74) is 2.71. The number of nitriles is 1. The van der Waals surface area contributed by atoms with Gasteiger partial charge in [0.2, 0.25) is 0 Å². The van der Waals surface area contributed by atoms with Crippen molar-refractivity contribution in [3.8, 4) is 17.3 Å². The molecule has 0 saturated carbocycles. The number of nitrogens with zero attached hydrogens (tertiary/aromatic N) is 2. The van der Waals surface area contributed by atoms with Gasteiger partial charge in [-0.15, -0.1) is 11.3 Å². The Morgan fingerprint density at radius 3 is 2.78 bits per heavy atom. The molecule has 18 heavy (non-hydrogen) atoms. The highest BCUT2D eigenvalue weighted by Crippen LogP contribution is 2.32. The lowest BCUT2D eigenvalue weighted by Crippen LogP contribution is -2.13. The fourth-order valence-corrected chi connectivity index (χ4v) is 2.86. The number of rotatable bonds is 2. The summed E-state index contributed by atoms with van der Waals surface area (Å²) < 4.78 is 1.04. The van der Waals surface area contributed by atoms with Crippen molar-refractivity contribution < 1.29 is 0 Å². The molecule has 0 saturated heterocycles. The summed E-state index contributed by atoms with van der Waals surface area (Å²) in [5, 5.41) is 12.0. The van der Waals surface area contributed by atoms with Crippen LogP contribution in [0.4, 0.5) is 0 Å². The van der Waals surface area contributed by atoms with Gasteiger partial charge in [-0.25, -0.2) is 4.98 Å². The number of halogens is 1. The van der Waals surface area contributed by atoms with Gasteiger partial charge < -0.3 is 0 Å². The first-order valence-corrected chi connectivity index (χ1v) is 7.25. The van der Waals surface area contributed by atoms with Gasteiger partial charge >= 0.3 is 0 Å². The van der Waals surface area contributed by atoms with Gasteiger partial charge in [-0.05, 0) is 38.5 Å². The first kappa shape index (κ1) is 13.3. The topological polar surface area (TPSA) is 36.7 Å². The Bertz CT molecular complexity index is 623. The molecule has 2 rings (SSSR count). The number of benzene rings is 1. The minimum absolute atomic E-state index is 0.525. The summed E-state index contributed by atoms with van der Waals surface area (Å²) in [6, 6.07) is 8.43. The van der Waals surface area contributed by atoms with Crippen molar-refractivity contribution in [2.75, 3.05) is 0 Å². The van der Waals surface area contributed by atoms with Gasteiger partial charge in [0.25, 0.3) is 0 Å². The van der Waals surface area contributed by atoms with E-state index >= 15 is 0 Å². The second-order valence-corrected chi connectivity index (χ2v) is 6.51. The maximum Gasteiger partial charge on any atom is 0.113 e. The zero-order valence-electron chi connectivity index (χ0n) is 10.5. The second kappa shape index (κ2) is 4.83. The molecular weight excluding hydrogens is 308 g/mol. The number of hydrogen-bond donors (Lipinski definition) is 0. The SMILES string of the molecule is Cc1ccc(Br)cc1-c1csc(C(C)(C)C#N)n1. The van der Waals surface area contributed by atoms with Gasteiger partial charge in [-0.2, -0.15) is 5.26 Å². The standard InChI is InChI=1S/C14H13BrN2S/c1-9-4-5-10(15)6-11(9)12-7-18-13(17-12)14(2,3)8-16/h4-7H,1-3H3. The van der Waals surface area contributed by atoms with E-state index in [4.69, 9.17) is 5.26 Å². The van der Waals surface area contributed by atoms with Gasteiger partial charge in [0, 0.05) is 15.4 Å². The molecule has 0 atom stereocenters. The van der Waals surface area contributed by atoms with Crippen LogP contribution in [0.2, 0.25) is 0 Å². The molecule has 0 aliphatic rings. The maximum atomic E-state index is 9.14. The number of aryl methyl sites for hydroxylation is 1. The molecule has 1 aromatic heterocycles. The monoisotopic (exact) mass is 320 g/mol. The average Bonchev–Trinajstić information content (AvgIpc) is 2.82. The summed E-state index contributed by atoms with van der Waals surface area (Å²) in [5.74, 6) is 0. The van der Waals surface area contributed by atoms with Crippen molar-refractivity contribution in [2.45, 2.75) is 26.2 Å². The third-order valence-electron chi connectivity index (χ3n) is 2.79. The van der Waals surface area contributed by atoms with Gasteiger partial charge in [0.05, 0.1) is 11.8 Å². The van der Waals surface area contributed by atoms with E-state index in [9.17, 15) is 0 Å². The molecule has 0 aliphatic carbocycles. The lowest BCUT2D eigenvalue weighted by molar-refractivity contribution is 0.680. The Morgan fingerprint density at radius 1 is 1.39 bits per heavy atom. The summed E-state index contributed by atoms with van der Waals surface area (Å²) in [6.45, 7) is 5.85. The third-order valence-corrected chi connectivity index (χ3v) is 4.45. The van der Waals surface area contributed by atoms with Gasteiger partial charge in [0.15, 0.2) is 0 Å². The van der Waals surface area contributed by atoms with Crippen LogP contribution in [-0.4, -0.2) is 4.98 Å². The molecular formula is C14H13BrN2S. The molecule has 0 fully saturated rings. The fraction of sp³-hybridized carbons (Fsp3) is 0.286. The first-order valence-electron chi connectivity index (χ1n) is 5.58. The van der Waals surface area contributed by atoms with Crippen molar-refractivity contribution in [1.82, 2.24) is 4.98 Å². The molecule has 0 N–H and O–H groups in total. The van der Waals surface area contributed by atoms with E-state index in [-0.39, 0.29) is 0 Å². The van der Waals surface area contributed by atoms with Crippen LogP contribution in [0.25, 0.3) is 11.3 Å². The van der Waals surface area contributed by atoms with Crippen molar-refractivity contribution in [1.29, 1.82) is 5.26 Å². The van der Waals surface area contributed by atoms with Crippen LogP contribution < -0.4 is 0 Å². The molecule has 0 radical (unpaired) electrons. The van der Waals surface area contributed by atoms with E-state index in [0.717, 1.165) is 20.7 Å². The van der Waals surface area contributed by atoms with E-state index in [2.05, 4.69) is 46.0 Å². The normalized spacial score (nSPS) is 11.3. The summed E-state index contributed by atoms with van der Waals surface area (Å²) in [7, 11) is 0. The molecule has 4 heteroatoms. The minimum Gasteiger partial charge on any atom is -0.240 e. The molecule has 2 nitrogen and oxygen atoms in total. The van der Waals surface area contributed by atoms with Crippen molar-refractivity contribution >= 4 is 27.3 Å². The lowest BCUT2D eigenvalue weighted by atomic mass is 9.97. The Morgan fingerprint density at radius 2 is 2.11 bits per heavy atom. The Balaban J connectivity index is 2.48. The van der Waals surface area contributed by atoms with Crippen molar-refractivity contribution in [3.05, 3.63) is 38.6 Å². The fourth-order valence-electron chi connectivity index (χ4n) is 1.60. The summed E-state index contributed by atoms with van der Waals surface area (Å²) >= 11 is 5.02. The van der Waals surface area contributed by atoms with E-state index in [1.807, 2.05) is 25.3 Å². The third kappa shape index (κ3) is 2.47. The quantitative estimate of drug-likeness (QED) is 0.805. The van der Waals surface area contributed by atoms with E-state index < -0.39 is 5.41 Å². The van der Waals surface area contributed by atoms with Crippen LogP contribution in [0.1, 0.15) is 24.4 Å². The van der Waals surface area contributed by atoms with Gasteiger partial charge in [0.1, 0.15) is 10.4 Å². The Hall–Kier alpha value is -1.18. The largest absolute Gasteiger partial charge is 0.240 e. The average molecular weight is 321 g/mol. The smallest absolute Gasteiger partial charge is 0.113 e. The highest BCUT2D eigenvalue weighted by Gasteiger charge is 2.24. The zero-order valence-corrected chi connectivity index (χ0v) is 12.9. The summed E-state index contributed by atoms with van der Waals surface area (Å²) in [6.07, 6.45) is 0. The number of thiazole rings is 1. The zero-order chi connectivity index (χ0) is 13.3. The molecule has 0 aliphatic heterocycles. The maximum absolute atomic E-state index is 9.14. The van der Waals surface area contributed by atoms with Gasteiger partial charge in [-0.1, -0.05) is 22.0 Å². The predicted octanol–water partition coefficient (Wildman–Crippen LogP) is 4.68. The summed E-state index contributed by atoms with van der Waals surface area (Å²) in [4.78, 5) is 4.60. The molecule has 0 amide bonds. The highest BCUT2D eigenvalue weighted by atomic mass is 79.9. The predicted molar refractivity (Wildman–Crippen MR) is 78.6 cm³/mol. The molecule has 0 spiro atoms. The van der Waals surface area contributed by atoms with E-state index in [1.165, 1.54) is 5.56 Å². The Kier molecular flexibility index (Phi) is 3.56. The van der Waals surface area contributed by atoms with Crippen LogP contribution in [0.3, 0.4) is 0 Å². The van der Waals surface area contributed by atoms with Crippen LogP contribution >= 0.6 is 27.3 Å². The molecule has 0 unspecified atom stereocenters. The van der Waals surface area contributed by atoms with Crippen LogP contribution in [-0.2, 0) is 5.41 Å².